The molecule has 0 radical (unpaired) electrons. The van der Waals surface area contributed by atoms with E-state index in [-0.39, 0.29) is 6.42 Å². The number of amides is 1. The van der Waals surface area contributed by atoms with E-state index in [0.29, 0.717) is 0 Å². The van der Waals surface area contributed by atoms with Gasteiger partial charge in [-0.25, -0.2) is 22.0 Å². The molecule has 0 bridgehead atoms. The molecule has 1 atom stereocenters. The zero-order valence-electron chi connectivity index (χ0n) is 9.66. The Morgan fingerprint density at radius 3 is 1.95 bits per heavy atom. The van der Waals surface area contributed by atoms with Crippen LogP contribution in [0.1, 0.15) is 23.7 Å². The summed E-state index contributed by atoms with van der Waals surface area (Å²) in [7, 11) is 0. The average molecular weight is 277 g/mol. The highest BCUT2D eigenvalue weighted by Gasteiger charge is 2.29. The van der Waals surface area contributed by atoms with Crippen LogP contribution < -0.4 is 5.32 Å². The molecule has 0 fully saturated rings. The maximum Gasteiger partial charge on any atom is 0.257 e. The lowest BCUT2D eigenvalue weighted by Gasteiger charge is -2.12. The molecule has 7 heteroatoms. The number of halogens is 5. The summed E-state index contributed by atoms with van der Waals surface area (Å²) in [6.45, 7) is 1.42. The van der Waals surface area contributed by atoms with Crippen molar-refractivity contribution in [2.75, 3.05) is 0 Å². The van der Waals surface area contributed by atoms with Crippen molar-refractivity contribution in [1.29, 1.82) is 0 Å². The second-order valence-electron chi connectivity index (χ2n) is 3.73. The Kier molecular flexibility index (Phi) is 4.48. The van der Waals surface area contributed by atoms with Crippen molar-refractivity contribution < 1.29 is 26.7 Å². The van der Waals surface area contributed by atoms with Gasteiger partial charge in [0.2, 0.25) is 5.82 Å². The monoisotopic (exact) mass is 277 g/mol. The predicted molar refractivity (Wildman–Crippen MR) is 56.6 cm³/mol. The van der Waals surface area contributed by atoms with Crippen molar-refractivity contribution >= 4 is 5.91 Å². The molecular formula is C12H8F5NO. The summed E-state index contributed by atoms with van der Waals surface area (Å²) in [5, 5.41) is 2.04. The Balaban J connectivity index is 3.22. The fraction of sp³-hybridized carbons (Fsp3) is 0.250. The fourth-order valence-electron chi connectivity index (χ4n) is 1.33. The van der Waals surface area contributed by atoms with Crippen LogP contribution in [0.5, 0.6) is 0 Å². The third-order valence-electron chi connectivity index (χ3n) is 2.24. The minimum Gasteiger partial charge on any atom is -0.348 e. The Morgan fingerprint density at radius 2 is 1.53 bits per heavy atom. The number of carbonyl (C=O) groups excluding carboxylic acids is 1. The summed E-state index contributed by atoms with van der Waals surface area (Å²) in [5.74, 6) is -10.3. The molecule has 0 aliphatic rings. The van der Waals surface area contributed by atoms with Crippen LogP contribution in [0.2, 0.25) is 0 Å². The second-order valence-corrected chi connectivity index (χ2v) is 3.73. The molecule has 1 aromatic rings. The predicted octanol–water partition coefficient (Wildman–Crippen LogP) is 2.52. The maximum atomic E-state index is 13.3. The largest absolute Gasteiger partial charge is 0.348 e. The highest BCUT2D eigenvalue weighted by atomic mass is 19.2. The lowest BCUT2D eigenvalue weighted by molar-refractivity contribution is 0.0929. The van der Waals surface area contributed by atoms with Gasteiger partial charge in [0, 0.05) is 12.5 Å². The summed E-state index contributed by atoms with van der Waals surface area (Å²) < 4.78 is 65.0. The number of hydrogen-bond acceptors (Lipinski definition) is 1. The highest BCUT2D eigenvalue weighted by Crippen LogP contribution is 2.22. The normalized spacial score (nSPS) is 11.8. The van der Waals surface area contributed by atoms with Gasteiger partial charge in [-0.1, -0.05) is 0 Å². The summed E-state index contributed by atoms with van der Waals surface area (Å²) in [6.07, 6.45) is 5.00. The number of benzene rings is 1. The molecule has 1 rings (SSSR count). The van der Waals surface area contributed by atoms with Gasteiger partial charge in [-0.2, -0.15) is 0 Å². The summed E-state index contributed by atoms with van der Waals surface area (Å²) >= 11 is 0. The minimum absolute atomic E-state index is 0.0428. The molecule has 2 nitrogen and oxygen atoms in total. The van der Waals surface area contributed by atoms with E-state index in [9.17, 15) is 26.7 Å². The molecule has 0 heterocycles. The van der Waals surface area contributed by atoms with Crippen LogP contribution in [-0.2, 0) is 0 Å². The van der Waals surface area contributed by atoms with Crippen molar-refractivity contribution in [2.45, 2.75) is 19.4 Å². The zero-order chi connectivity index (χ0) is 14.7. The Bertz CT molecular complexity index is 535. The molecule has 19 heavy (non-hydrogen) atoms. The van der Waals surface area contributed by atoms with Gasteiger partial charge in [0.1, 0.15) is 5.56 Å². The molecule has 1 aromatic carbocycles. The Labute approximate surface area is 105 Å². The number of carbonyl (C=O) groups is 1. The lowest BCUT2D eigenvalue weighted by atomic mass is 10.1. The quantitative estimate of drug-likeness (QED) is 0.391. The molecule has 1 amide bonds. The molecule has 0 spiro atoms. The summed E-state index contributed by atoms with van der Waals surface area (Å²) in [4.78, 5) is 11.5. The van der Waals surface area contributed by atoms with Crippen molar-refractivity contribution in [3.63, 3.8) is 0 Å². The first-order valence-electron chi connectivity index (χ1n) is 5.07. The van der Waals surface area contributed by atoms with Crippen LogP contribution in [0, 0.1) is 41.4 Å². The van der Waals surface area contributed by atoms with Crippen LogP contribution in [0.4, 0.5) is 22.0 Å². The molecular weight excluding hydrogens is 269 g/mol. The van der Waals surface area contributed by atoms with Crippen molar-refractivity contribution in [3.05, 3.63) is 34.6 Å². The van der Waals surface area contributed by atoms with E-state index >= 15 is 0 Å². The number of terminal acetylenes is 1. The van der Waals surface area contributed by atoms with Crippen molar-refractivity contribution in [2.24, 2.45) is 0 Å². The van der Waals surface area contributed by atoms with Crippen LogP contribution in [-0.4, -0.2) is 11.9 Å². The Hall–Kier alpha value is -2.10. The molecule has 0 saturated heterocycles. The van der Waals surface area contributed by atoms with Crippen LogP contribution in [0.25, 0.3) is 0 Å². The number of nitrogens with one attached hydrogen (secondary N) is 1. The van der Waals surface area contributed by atoms with Gasteiger partial charge < -0.3 is 5.32 Å². The third-order valence-corrected chi connectivity index (χ3v) is 2.24. The van der Waals surface area contributed by atoms with Crippen LogP contribution in [0.3, 0.4) is 0 Å². The average Bonchev–Trinajstić information content (AvgIpc) is 2.34. The number of hydrogen-bond donors (Lipinski definition) is 1. The van der Waals surface area contributed by atoms with Gasteiger partial charge >= 0.3 is 0 Å². The maximum absolute atomic E-state index is 13.3. The number of rotatable bonds is 3. The fourth-order valence-corrected chi connectivity index (χ4v) is 1.33. The van der Waals surface area contributed by atoms with Crippen molar-refractivity contribution in [1.82, 2.24) is 5.32 Å². The molecule has 0 aromatic heterocycles. The minimum atomic E-state index is -2.32. The van der Waals surface area contributed by atoms with Gasteiger partial charge in [0.25, 0.3) is 5.91 Å². The summed E-state index contributed by atoms with van der Waals surface area (Å²) in [5.41, 5.74) is -1.53. The summed E-state index contributed by atoms with van der Waals surface area (Å²) in [6, 6.07) is -0.674. The van der Waals surface area contributed by atoms with Gasteiger partial charge in [-0.05, 0) is 6.92 Å². The standard InChI is InChI=1S/C12H8F5NO/c1-3-4-5(2)18-12(19)6-7(13)9(15)11(17)10(16)8(6)14/h1,5H,4H2,2H3,(H,18,19). The Morgan fingerprint density at radius 1 is 1.11 bits per heavy atom. The third kappa shape index (κ3) is 2.84. The molecule has 0 aliphatic carbocycles. The van der Waals surface area contributed by atoms with E-state index in [1.807, 2.05) is 5.32 Å². The molecule has 0 saturated carbocycles. The molecule has 1 unspecified atom stereocenters. The van der Waals surface area contributed by atoms with Gasteiger partial charge in [0.15, 0.2) is 23.3 Å². The van der Waals surface area contributed by atoms with Gasteiger partial charge in [-0.15, -0.1) is 12.3 Å². The second kappa shape index (κ2) is 5.69. The first-order chi connectivity index (χ1) is 8.81. The van der Waals surface area contributed by atoms with E-state index in [1.54, 1.807) is 0 Å². The highest BCUT2D eigenvalue weighted by molar-refractivity contribution is 5.95. The van der Waals surface area contributed by atoms with E-state index < -0.39 is 46.6 Å². The van der Waals surface area contributed by atoms with Crippen molar-refractivity contribution in [3.8, 4) is 12.3 Å². The van der Waals surface area contributed by atoms with Crippen LogP contribution in [0.15, 0.2) is 0 Å². The lowest BCUT2D eigenvalue weighted by Crippen LogP contribution is -2.34. The first kappa shape index (κ1) is 15.0. The van der Waals surface area contributed by atoms with E-state index in [1.165, 1.54) is 6.92 Å². The van der Waals surface area contributed by atoms with E-state index in [0.717, 1.165) is 0 Å². The smallest absolute Gasteiger partial charge is 0.257 e. The van der Waals surface area contributed by atoms with E-state index in [2.05, 4.69) is 5.92 Å². The van der Waals surface area contributed by atoms with Crippen LogP contribution >= 0.6 is 0 Å². The van der Waals surface area contributed by atoms with Gasteiger partial charge in [0.05, 0.1) is 0 Å². The van der Waals surface area contributed by atoms with Gasteiger partial charge in [-0.3, -0.25) is 4.79 Å². The molecule has 0 aliphatic heterocycles. The molecule has 1 N–H and O–H groups in total. The zero-order valence-corrected chi connectivity index (χ0v) is 9.66. The van der Waals surface area contributed by atoms with E-state index in [4.69, 9.17) is 6.42 Å². The topological polar surface area (TPSA) is 29.1 Å². The molecule has 102 valence electrons. The first-order valence-corrected chi connectivity index (χ1v) is 5.07. The SMILES string of the molecule is C#CCC(C)NC(=O)c1c(F)c(F)c(F)c(F)c1F.